The summed E-state index contributed by atoms with van der Waals surface area (Å²) in [6, 6.07) is 67.9. The SMILES string of the molecule is c1ccc(-c2nc(-c3ccccc3)c(-c3ccccc3)c(-c3cccc(-c4ccc(C5Nc6ccccc6N5c5ccccc5)cc4)c3)n2)cc1. The predicted molar refractivity (Wildman–Crippen MR) is 211 cm³/mol. The van der Waals surface area contributed by atoms with E-state index in [1.807, 2.05) is 30.3 Å². The zero-order chi connectivity index (χ0) is 34.0. The number of hydrogen-bond donors (Lipinski definition) is 1. The first kappa shape index (κ1) is 30.3. The molecular formula is C47H34N4. The number of aromatic nitrogens is 2. The molecule has 9 rings (SSSR count). The molecule has 242 valence electrons. The van der Waals surface area contributed by atoms with Crippen LogP contribution in [0.5, 0.6) is 0 Å². The predicted octanol–water partition coefficient (Wildman–Crippen LogP) is 12.1. The summed E-state index contributed by atoms with van der Waals surface area (Å²) >= 11 is 0. The summed E-state index contributed by atoms with van der Waals surface area (Å²) in [6.07, 6.45) is -0.0209. The lowest BCUT2D eigenvalue weighted by atomic mass is 9.92. The van der Waals surface area contributed by atoms with Crippen LogP contribution in [0, 0.1) is 0 Å². The Morgan fingerprint density at radius 2 is 0.941 bits per heavy atom. The Labute approximate surface area is 298 Å². The molecule has 1 aliphatic heterocycles. The van der Waals surface area contributed by atoms with Gasteiger partial charge in [-0.05, 0) is 52.6 Å². The highest BCUT2D eigenvalue weighted by molar-refractivity contribution is 5.93. The Bertz CT molecular complexity index is 2430. The van der Waals surface area contributed by atoms with Crippen LogP contribution >= 0.6 is 0 Å². The van der Waals surface area contributed by atoms with Crippen LogP contribution < -0.4 is 10.2 Å². The highest BCUT2D eigenvalue weighted by Gasteiger charge is 2.31. The molecule has 4 nitrogen and oxygen atoms in total. The van der Waals surface area contributed by atoms with Gasteiger partial charge in [-0.25, -0.2) is 9.97 Å². The van der Waals surface area contributed by atoms with Crippen LogP contribution in [0.3, 0.4) is 0 Å². The lowest BCUT2D eigenvalue weighted by Gasteiger charge is -2.27. The molecule has 0 amide bonds. The fourth-order valence-corrected chi connectivity index (χ4v) is 7.04. The van der Waals surface area contributed by atoms with Crippen LogP contribution in [0.1, 0.15) is 11.7 Å². The van der Waals surface area contributed by atoms with Crippen molar-refractivity contribution in [3.63, 3.8) is 0 Å². The third-order valence-electron chi connectivity index (χ3n) is 9.49. The van der Waals surface area contributed by atoms with Crippen molar-refractivity contribution in [2.24, 2.45) is 0 Å². The van der Waals surface area contributed by atoms with E-state index in [1.165, 1.54) is 11.3 Å². The first-order valence-electron chi connectivity index (χ1n) is 17.3. The summed E-state index contributed by atoms with van der Waals surface area (Å²) < 4.78 is 0. The van der Waals surface area contributed by atoms with Gasteiger partial charge in [-0.2, -0.15) is 0 Å². The van der Waals surface area contributed by atoms with Gasteiger partial charge in [-0.3, -0.25) is 0 Å². The molecule has 0 radical (unpaired) electrons. The van der Waals surface area contributed by atoms with Crippen LogP contribution in [0.15, 0.2) is 194 Å². The van der Waals surface area contributed by atoms with Gasteiger partial charge in [0.25, 0.3) is 0 Å². The minimum Gasteiger partial charge on any atom is -0.359 e. The molecule has 1 aromatic heterocycles. The van der Waals surface area contributed by atoms with E-state index >= 15 is 0 Å². The second-order valence-corrected chi connectivity index (χ2v) is 12.7. The molecule has 0 bridgehead atoms. The van der Waals surface area contributed by atoms with Gasteiger partial charge in [0.2, 0.25) is 0 Å². The maximum absolute atomic E-state index is 5.31. The molecule has 4 heteroatoms. The van der Waals surface area contributed by atoms with Crippen molar-refractivity contribution in [2.45, 2.75) is 6.17 Å². The second kappa shape index (κ2) is 13.3. The standard InChI is InChI=1S/C47H34N4/c1-5-16-34(17-6-1)43-44(35-18-7-2-8-19-35)49-46(36-20-9-3-10-21-36)50-45(43)39-23-15-22-38(32-39)33-28-30-37(31-29-33)47-48-41-26-13-14-27-42(41)51(47)40-24-11-4-12-25-40/h1-32,47-48H. The highest BCUT2D eigenvalue weighted by Crippen LogP contribution is 2.46. The van der Waals surface area contributed by atoms with Gasteiger partial charge in [0, 0.05) is 27.9 Å². The topological polar surface area (TPSA) is 41.1 Å². The van der Waals surface area contributed by atoms with Crippen molar-refractivity contribution < 1.29 is 0 Å². The van der Waals surface area contributed by atoms with Crippen molar-refractivity contribution >= 4 is 17.1 Å². The molecule has 2 heterocycles. The number of benzene rings is 7. The molecule has 1 unspecified atom stereocenters. The van der Waals surface area contributed by atoms with Gasteiger partial charge in [0.05, 0.1) is 22.8 Å². The van der Waals surface area contributed by atoms with Gasteiger partial charge >= 0.3 is 0 Å². The van der Waals surface area contributed by atoms with Gasteiger partial charge < -0.3 is 10.2 Å². The monoisotopic (exact) mass is 654 g/mol. The lowest BCUT2D eigenvalue weighted by molar-refractivity contribution is 0.828. The second-order valence-electron chi connectivity index (χ2n) is 12.7. The van der Waals surface area contributed by atoms with Crippen LogP contribution in [-0.4, -0.2) is 9.97 Å². The van der Waals surface area contributed by atoms with Gasteiger partial charge in [0.1, 0.15) is 6.17 Å². The Morgan fingerprint density at radius 3 is 1.63 bits per heavy atom. The Morgan fingerprint density at radius 1 is 0.412 bits per heavy atom. The summed E-state index contributed by atoms with van der Waals surface area (Å²) in [4.78, 5) is 12.9. The first-order chi connectivity index (χ1) is 25.3. The van der Waals surface area contributed by atoms with Crippen LogP contribution in [-0.2, 0) is 0 Å². The first-order valence-corrected chi connectivity index (χ1v) is 17.3. The van der Waals surface area contributed by atoms with Crippen molar-refractivity contribution in [3.05, 3.63) is 200 Å². The van der Waals surface area contributed by atoms with E-state index in [1.54, 1.807) is 0 Å². The quantitative estimate of drug-likeness (QED) is 0.186. The Kier molecular flexibility index (Phi) is 7.88. The molecule has 1 N–H and O–H groups in total. The number of para-hydroxylation sites is 3. The zero-order valence-corrected chi connectivity index (χ0v) is 27.9. The van der Waals surface area contributed by atoms with Crippen LogP contribution in [0.25, 0.3) is 56.2 Å². The fraction of sp³-hybridized carbons (Fsp3) is 0.0213. The van der Waals surface area contributed by atoms with E-state index in [0.29, 0.717) is 5.82 Å². The number of anilines is 3. The van der Waals surface area contributed by atoms with Crippen molar-refractivity contribution in [2.75, 3.05) is 10.2 Å². The smallest absolute Gasteiger partial charge is 0.160 e. The average molecular weight is 655 g/mol. The van der Waals surface area contributed by atoms with Gasteiger partial charge in [-0.15, -0.1) is 0 Å². The number of hydrogen-bond acceptors (Lipinski definition) is 4. The molecule has 1 aliphatic rings. The molecule has 0 aliphatic carbocycles. The Hall–Kier alpha value is -6.78. The summed E-state index contributed by atoms with van der Waals surface area (Å²) in [6.45, 7) is 0. The minimum absolute atomic E-state index is 0.0209. The average Bonchev–Trinajstić information content (AvgIpc) is 3.62. The number of rotatable bonds is 7. The minimum atomic E-state index is -0.0209. The Balaban J connectivity index is 1.14. The van der Waals surface area contributed by atoms with E-state index < -0.39 is 0 Å². The third kappa shape index (κ3) is 5.83. The number of fused-ring (bicyclic) bond motifs is 1. The summed E-state index contributed by atoms with van der Waals surface area (Å²) in [7, 11) is 0. The van der Waals surface area contributed by atoms with E-state index in [0.717, 1.165) is 61.7 Å². The van der Waals surface area contributed by atoms with Gasteiger partial charge in [0.15, 0.2) is 5.82 Å². The molecule has 0 spiro atoms. The molecule has 0 saturated heterocycles. The summed E-state index contributed by atoms with van der Waals surface area (Å²) in [5, 5.41) is 3.76. The third-order valence-corrected chi connectivity index (χ3v) is 9.49. The normalized spacial score (nSPS) is 13.4. The maximum Gasteiger partial charge on any atom is 0.160 e. The van der Waals surface area contributed by atoms with Crippen LogP contribution in [0.4, 0.5) is 17.1 Å². The van der Waals surface area contributed by atoms with E-state index in [4.69, 9.17) is 9.97 Å². The fourth-order valence-electron chi connectivity index (χ4n) is 7.04. The number of nitrogens with one attached hydrogen (secondary N) is 1. The molecule has 0 saturated carbocycles. The van der Waals surface area contributed by atoms with E-state index in [2.05, 4.69) is 174 Å². The molecule has 51 heavy (non-hydrogen) atoms. The largest absolute Gasteiger partial charge is 0.359 e. The molecule has 0 fully saturated rings. The van der Waals surface area contributed by atoms with E-state index in [-0.39, 0.29) is 6.17 Å². The number of nitrogens with zero attached hydrogens (tertiary/aromatic N) is 3. The zero-order valence-electron chi connectivity index (χ0n) is 27.9. The van der Waals surface area contributed by atoms with Gasteiger partial charge in [-0.1, -0.05) is 164 Å². The van der Waals surface area contributed by atoms with Crippen molar-refractivity contribution in [1.82, 2.24) is 9.97 Å². The highest BCUT2D eigenvalue weighted by atomic mass is 15.3. The van der Waals surface area contributed by atoms with E-state index in [9.17, 15) is 0 Å². The summed E-state index contributed by atoms with van der Waals surface area (Å²) in [5.74, 6) is 0.701. The summed E-state index contributed by atoms with van der Waals surface area (Å²) in [5.41, 5.74) is 13.9. The molecule has 8 aromatic rings. The molecular weight excluding hydrogens is 621 g/mol. The van der Waals surface area contributed by atoms with Crippen molar-refractivity contribution in [3.8, 4) is 56.2 Å². The lowest BCUT2D eigenvalue weighted by Crippen LogP contribution is -2.23. The molecule has 1 atom stereocenters. The van der Waals surface area contributed by atoms with Crippen LogP contribution in [0.2, 0.25) is 0 Å². The van der Waals surface area contributed by atoms with Crippen molar-refractivity contribution in [1.29, 1.82) is 0 Å². The maximum atomic E-state index is 5.31. The molecule has 7 aromatic carbocycles.